The molecule has 0 bridgehead atoms. The maximum Gasteiger partial charge on any atom is 0.313 e. The molecule has 0 amide bonds. The fourth-order valence-corrected chi connectivity index (χ4v) is 2.30. The molecule has 0 aliphatic carbocycles. The molecule has 0 spiro atoms. The van der Waals surface area contributed by atoms with E-state index in [9.17, 15) is 4.79 Å². The summed E-state index contributed by atoms with van der Waals surface area (Å²) in [5.41, 5.74) is 0. The highest BCUT2D eigenvalue weighted by atomic mass is 32.2. The number of aromatic nitrogens is 3. The van der Waals surface area contributed by atoms with Crippen molar-refractivity contribution in [3.8, 4) is 0 Å². The van der Waals surface area contributed by atoms with E-state index >= 15 is 0 Å². The Morgan fingerprint density at radius 3 is 2.82 bits per heavy atom. The molecule has 17 heavy (non-hydrogen) atoms. The van der Waals surface area contributed by atoms with Gasteiger partial charge in [0.15, 0.2) is 5.16 Å². The Hall–Kier alpha value is -0.890. The zero-order valence-electron chi connectivity index (χ0n) is 10.1. The van der Waals surface area contributed by atoms with Gasteiger partial charge in [-0.05, 0) is 6.26 Å². The third-order valence-electron chi connectivity index (χ3n) is 2.11. The highest BCUT2D eigenvalue weighted by Crippen LogP contribution is 2.19. The fourth-order valence-electron chi connectivity index (χ4n) is 1.22. The third-order valence-corrected chi connectivity index (χ3v) is 3.70. The first kappa shape index (κ1) is 14.2. The summed E-state index contributed by atoms with van der Waals surface area (Å²) in [7, 11) is 3.79. The topological polar surface area (TPSA) is 71.2 Å². The molecule has 0 unspecified atom stereocenters. The first-order valence-electron chi connectivity index (χ1n) is 5.00. The number of carboxylic acid groups (broad SMARTS) is 1. The highest BCUT2D eigenvalue weighted by Gasteiger charge is 2.13. The van der Waals surface area contributed by atoms with Gasteiger partial charge in [0.25, 0.3) is 0 Å². The second-order valence-corrected chi connectivity index (χ2v) is 5.37. The Bertz CT molecular complexity index is 383. The molecule has 0 saturated heterocycles. The third kappa shape index (κ3) is 4.12. The number of anilines is 1. The Kier molecular flexibility index (Phi) is 5.63. The number of thioether (sulfide) groups is 2. The molecule has 1 aromatic rings. The average molecular weight is 276 g/mol. The van der Waals surface area contributed by atoms with Crippen LogP contribution in [0.5, 0.6) is 0 Å². The number of rotatable bonds is 7. The van der Waals surface area contributed by atoms with Gasteiger partial charge < -0.3 is 10.0 Å². The van der Waals surface area contributed by atoms with Gasteiger partial charge in [0.05, 0.1) is 5.75 Å². The first-order valence-corrected chi connectivity index (χ1v) is 7.38. The van der Waals surface area contributed by atoms with Crippen LogP contribution in [0.25, 0.3) is 0 Å². The van der Waals surface area contributed by atoms with Gasteiger partial charge in [-0.1, -0.05) is 11.8 Å². The highest BCUT2D eigenvalue weighted by molar-refractivity contribution is 7.99. The van der Waals surface area contributed by atoms with Crippen molar-refractivity contribution in [3.05, 3.63) is 0 Å². The smallest absolute Gasteiger partial charge is 0.313 e. The quantitative estimate of drug-likeness (QED) is 0.738. The number of carbonyl (C=O) groups is 1. The van der Waals surface area contributed by atoms with Crippen LogP contribution in [0, 0.1) is 0 Å². The van der Waals surface area contributed by atoms with E-state index in [0.29, 0.717) is 5.16 Å². The summed E-state index contributed by atoms with van der Waals surface area (Å²) in [4.78, 5) is 12.5. The van der Waals surface area contributed by atoms with Crippen molar-refractivity contribution in [2.45, 2.75) is 5.16 Å². The predicted octanol–water partition coefficient (Wildman–Crippen LogP) is 0.791. The first-order chi connectivity index (χ1) is 8.06. The summed E-state index contributed by atoms with van der Waals surface area (Å²) in [6, 6.07) is 0. The SMILES string of the molecule is CSCCN(C)c1nnc(SCC(=O)O)n1C. The molecule has 0 aliphatic heterocycles. The van der Waals surface area contributed by atoms with Gasteiger partial charge in [-0.15, -0.1) is 10.2 Å². The Balaban J connectivity index is 2.65. The zero-order chi connectivity index (χ0) is 12.8. The molecule has 1 heterocycles. The van der Waals surface area contributed by atoms with Gasteiger partial charge >= 0.3 is 5.97 Å². The second-order valence-electron chi connectivity index (χ2n) is 3.44. The van der Waals surface area contributed by atoms with Gasteiger partial charge in [0.1, 0.15) is 0 Å². The van der Waals surface area contributed by atoms with E-state index in [0.717, 1.165) is 18.2 Å². The predicted molar refractivity (Wildman–Crippen MR) is 71.0 cm³/mol. The summed E-state index contributed by atoms with van der Waals surface area (Å²) in [5, 5.41) is 17.3. The second kappa shape index (κ2) is 6.75. The van der Waals surface area contributed by atoms with Crippen molar-refractivity contribution in [1.29, 1.82) is 0 Å². The van der Waals surface area contributed by atoms with E-state index in [1.165, 1.54) is 11.8 Å². The molecule has 1 aromatic heterocycles. The molecular formula is C9H16N4O2S2. The molecular weight excluding hydrogens is 260 g/mol. The molecule has 6 nitrogen and oxygen atoms in total. The van der Waals surface area contributed by atoms with E-state index in [1.54, 1.807) is 11.8 Å². The van der Waals surface area contributed by atoms with Crippen LogP contribution in [0.4, 0.5) is 5.95 Å². The van der Waals surface area contributed by atoms with E-state index in [2.05, 4.69) is 16.5 Å². The van der Waals surface area contributed by atoms with E-state index in [-0.39, 0.29) is 5.75 Å². The van der Waals surface area contributed by atoms with Crippen molar-refractivity contribution in [1.82, 2.24) is 14.8 Å². The van der Waals surface area contributed by atoms with Crippen LogP contribution in [-0.4, -0.2) is 57.2 Å². The molecule has 0 aliphatic rings. The molecule has 96 valence electrons. The van der Waals surface area contributed by atoms with Crippen molar-refractivity contribution in [2.24, 2.45) is 7.05 Å². The van der Waals surface area contributed by atoms with Crippen LogP contribution in [0.2, 0.25) is 0 Å². The number of hydrogen-bond donors (Lipinski definition) is 1. The minimum atomic E-state index is -0.852. The zero-order valence-corrected chi connectivity index (χ0v) is 11.7. The van der Waals surface area contributed by atoms with Gasteiger partial charge in [-0.25, -0.2) is 0 Å². The van der Waals surface area contributed by atoms with Crippen LogP contribution in [0.3, 0.4) is 0 Å². The number of nitrogens with zero attached hydrogens (tertiary/aromatic N) is 4. The minimum absolute atomic E-state index is 0.000496. The summed E-state index contributed by atoms with van der Waals surface area (Å²) < 4.78 is 1.81. The van der Waals surface area contributed by atoms with E-state index in [1.807, 2.05) is 23.6 Å². The van der Waals surface area contributed by atoms with Crippen LogP contribution in [0.1, 0.15) is 0 Å². The lowest BCUT2D eigenvalue weighted by atomic mass is 10.6. The lowest BCUT2D eigenvalue weighted by molar-refractivity contribution is -0.133. The normalized spacial score (nSPS) is 10.5. The molecule has 0 aromatic carbocycles. The molecule has 0 radical (unpaired) electrons. The van der Waals surface area contributed by atoms with Gasteiger partial charge in [-0.3, -0.25) is 9.36 Å². The summed E-state index contributed by atoms with van der Waals surface area (Å²) in [6.07, 6.45) is 2.05. The standard InChI is InChI=1S/C9H16N4O2S2/c1-12(4-5-16-3)8-10-11-9(13(8)2)17-6-7(14)15/h4-6H2,1-3H3,(H,14,15). The maximum absolute atomic E-state index is 10.5. The van der Waals surface area contributed by atoms with Crippen molar-refractivity contribution >= 4 is 35.4 Å². The summed E-state index contributed by atoms with van der Waals surface area (Å²) in [6.45, 7) is 0.886. The average Bonchev–Trinajstić information content (AvgIpc) is 2.65. The number of hydrogen-bond acceptors (Lipinski definition) is 6. The lowest BCUT2D eigenvalue weighted by Gasteiger charge is -2.16. The Morgan fingerprint density at radius 2 is 2.24 bits per heavy atom. The summed E-state index contributed by atoms with van der Waals surface area (Å²) >= 11 is 2.94. The molecule has 0 saturated carbocycles. The molecule has 1 N–H and O–H groups in total. The summed E-state index contributed by atoms with van der Waals surface area (Å²) in [5.74, 6) is 0.920. The molecule has 1 rings (SSSR count). The molecule has 0 fully saturated rings. The largest absolute Gasteiger partial charge is 0.481 e. The lowest BCUT2D eigenvalue weighted by Crippen LogP contribution is -2.23. The van der Waals surface area contributed by atoms with Crippen molar-refractivity contribution in [2.75, 3.05) is 36.3 Å². The van der Waals surface area contributed by atoms with Crippen LogP contribution < -0.4 is 4.90 Å². The molecule has 8 heteroatoms. The number of carboxylic acids is 1. The van der Waals surface area contributed by atoms with Gasteiger partial charge in [0.2, 0.25) is 5.95 Å². The van der Waals surface area contributed by atoms with Gasteiger partial charge in [-0.2, -0.15) is 11.8 Å². The monoisotopic (exact) mass is 276 g/mol. The fraction of sp³-hybridized carbons (Fsp3) is 0.667. The van der Waals surface area contributed by atoms with E-state index < -0.39 is 5.97 Å². The minimum Gasteiger partial charge on any atom is -0.481 e. The van der Waals surface area contributed by atoms with Crippen LogP contribution >= 0.6 is 23.5 Å². The Morgan fingerprint density at radius 1 is 1.53 bits per heavy atom. The van der Waals surface area contributed by atoms with Crippen molar-refractivity contribution < 1.29 is 9.90 Å². The van der Waals surface area contributed by atoms with Crippen molar-refractivity contribution in [3.63, 3.8) is 0 Å². The Labute approximate surface area is 109 Å². The van der Waals surface area contributed by atoms with Crippen LogP contribution in [0.15, 0.2) is 5.16 Å². The van der Waals surface area contributed by atoms with E-state index in [4.69, 9.17) is 5.11 Å². The number of aliphatic carboxylic acids is 1. The van der Waals surface area contributed by atoms with Gasteiger partial charge in [0, 0.05) is 26.4 Å². The van der Waals surface area contributed by atoms with Crippen LogP contribution in [-0.2, 0) is 11.8 Å². The maximum atomic E-state index is 10.5. The molecule has 0 atom stereocenters.